The number of nitrogens with zero attached hydrogens (tertiary/aromatic N) is 2. The van der Waals surface area contributed by atoms with Crippen LogP contribution >= 0.6 is 0 Å². The lowest BCUT2D eigenvalue weighted by Crippen LogP contribution is -2.51. The predicted octanol–water partition coefficient (Wildman–Crippen LogP) is 2.01. The highest BCUT2D eigenvalue weighted by Crippen LogP contribution is 2.24. The zero-order chi connectivity index (χ0) is 14.5. The zero-order valence-corrected chi connectivity index (χ0v) is 13.1. The van der Waals surface area contributed by atoms with Gasteiger partial charge in [0.05, 0.1) is 12.6 Å². The van der Waals surface area contributed by atoms with E-state index < -0.39 is 0 Å². The van der Waals surface area contributed by atoms with E-state index in [4.69, 9.17) is 0 Å². The zero-order valence-electron chi connectivity index (χ0n) is 13.1. The first kappa shape index (κ1) is 15.8. The van der Waals surface area contributed by atoms with Crippen molar-refractivity contribution in [3.05, 3.63) is 0 Å². The molecule has 20 heavy (non-hydrogen) atoms. The van der Waals surface area contributed by atoms with Crippen molar-refractivity contribution in [3.8, 4) is 0 Å². The van der Waals surface area contributed by atoms with Crippen LogP contribution < -0.4 is 0 Å². The second kappa shape index (κ2) is 7.41. The minimum atomic E-state index is -0.166. The van der Waals surface area contributed by atoms with Crippen LogP contribution in [-0.4, -0.2) is 58.6 Å². The van der Waals surface area contributed by atoms with Gasteiger partial charge in [0, 0.05) is 25.2 Å². The smallest absolute Gasteiger partial charge is 0.237 e. The molecule has 1 aliphatic heterocycles. The molecule has 0 spiro atoms. The highest BCUT2D eigenvalue weighted by molar-refractivity contribution is 5.79. The molecule has 1 amide bonds. The van der Waals surface area contributed by atoms with Crippen LogP contribution in [0, 0.1) is 0 Å². The van der Waals surface area contributed by atoms with Crippen LogP contribution in [0.5, 0.6) is 0 Å². The number of hydrogen-bond donors (Lipinski definition) is 1. The number of piperidine rings is 1. The summed E-state index contributed by atoms with van der Waals surface area (Å²) in [5, 5.41) is 9.54. The van der Waals surface area contributed by atoms with Gasteiger partial charge in [-0.25, -0.2) is 0 Å². The fourth-order valence-electron chi connectivity index (χ4n) is 3.62. The van der Waals surface area contributed by atoms with Crippen molar-refractivity contribution in [2.75, 3.05) is 19.6 Å². The molecule has 0 unspecified atom stereocenters. The molecule has 0 aromatic rings. The molecule has 1 saturated heterocycles. The number of aliphatic hydroxyl groups excluding tert-OH is 1. The topological polar surface area (TPSA) is 43.8 Å². The van der Waals surface area contributed by atoms with E-state index in [-0.39, 0.29) is 12.0 Å². The summed E-state index contributed by atoms with van der Waals surface area (Å²) in [5.41, 5.74) is 0. The van der Waals surface area contributed by atoms with Gasteiger partial charge in [0.15, 0.2) is 0 Å². The lowest BCUT2D eigenvalue weighted by Gasteiger charge is -2.39. The van der Waals surface area contributed by atoms with Crippen molar-refractivity contribution < 1.29 is 9.90 Å². The van der Waals surface area contributed by atoms with Gasteiger partial charge in [0.25, 0.3) is 0 Å². The molecule has 1 aliphatic carbocycles. The average molecular weight is 282 g/mol. The van der Waals surface area contributed by atoms with E-state index in [1.54, 1.807) is 0 Å². The summed E-state index contributed by atoms with van der Waals surface area (Å²) >= 11 is 0. The highest BCUT2D eigenvalue weighted by atomic mass is 16.3. The molecule has 0 atom stereocenters. The summed E-state index contributed by atoms with van der Waals surface area (Å²) < 4.78 is 0. The highest BCUT2D eigenvalue weighted by Gasteiger charge is 2.29. The first-order valence-electron chi connectivity index (χ1n) is 8.29. The van der Waals surface area contributed by atoms with Crippen LogP contribution in [0.2, 0.25) is 0 Å². The largest absolute Gasteiger partial charge is 0.393 e. The normalized spacial score (nSPS) is 23.2. The first-order valence-corrected chi connectivity index (χ1v) is 8.29. The molecule has 0 radical (unpaired) electrons. The van der Waals surface area contributed by atoms with Crippen LogP contribution in [0.3, 0.4) is 0 Å². The molecule has 1 N–H and O–H groups in total. The third kappa shape index (κ3) is 4.19. The van der Waals surface area contributed by atoms with Gasteiger partial charge in [-0.1, -0.05) is 19.3 Å². The first-order chi connectivity index (χ1) is 9.58. The SMILES string of the molecule is CC(C)N(C(=O)CN1CCC(O)CC1)C1CCCCC1. The number of hydrogen-bond acceptors (Lipinski definition) is 3. The van der Waals surface area contributed by atoms with Gasteiger partial charge in [-0.2, -0.15) is 0 Å². The Hall–Kier alpha value is -0.610. The minimum Gasteiger partial charge on any atom is -0.393 e. The van der Waals surface area contributed by atoms with Gasteiger partial charge in [0.1, 0.15) is 0 Å². The molecule has 2 rings (SSSR count). The van der Waals surface area contributed by atoms with Crippen molar-refractivity contribution in [2.24, 2.45) is 0 Å². The number of amides is 1. The minimum absolute atomic E-state index is 0.166. The van der Waals surface area contributed by atoms with Gasteiger partial charge in [-0.05, 0) is 39.5 Å². The summed E-state index contributed by atoms with van der Waals surface area (Å²) in [6, 6.07) is 0.743. The Morgan fingerprint density at radius 1 is 1.15 bits per heavy atom. The number of aliphatic hydroxyl groups is 1. The third-order valence-corrected chi connectivity index (χ3v) is 4.73. The third-order valence-electron chi connectivity index (χ3n) is 4.73. The van der Waals surface area contributed by atoms with Crippen LogP contribution in [0.25, 0.3) is 0 Å². The summed E-state index contributed by atoms with van der Waals surface area (Å²) in [5.74, 6) is 0.281. The molecule has 4 heteroatoms. The molecule has 2 fully saturated rings. The van der Waals surface area contributed by atoms with Crippen molar-refractivity contribution in [1.29, 1.82) is 0 Å². The molecule has 2 aliphatic rings. The summed E-state index contributed by atoms with van der Waals surface area (Å²) in [4.78, 5) is 17.0. The molecular formula is C16H30N2O2. The number of carbonyl (C=O) groups is 1. The number of rotatable bonds is 4. The van der Waals surface area contributed by atoms with E-state index in [0.717, 1.165) is 25.9 Å². The van der Waals surface area contributed by atoms with Crippen LogP contribution in [0.1, 0.15) is 58.8 Å². The lowest BCUT2D eigenvalue weighted by atomic mass is 9.93. The lowest BCUT2D eigenvalue weighted by molar-refractivity contribution is -0.138. The standard InChI is InChI=1S/C16H30N2O2/c1-13(2)18(14-6-4-3-5-7-14)16(20)12-17-10-8-15(19)9-11-17/h13-15,19H,3-12H2,1-2H3. The van der Waals surface area contributed by atoms with Crippen LogP contribution in [0.4, 0.5) is 0 Å². The van der Waals surface area contributed by atoms with E-state index >= 15 is 0 Å². The summed E-state index contributed by atoms with van der Waals surface area (Å²) in [7, 11) is 0. The van der Waals surface area contributed by atoms with Crippen molar-refractivity contribution in [3.63, 3.8) is 0 Å². The van der Waals surface area contributed by atoms with Crippen LogP contribution in [0.15, 0.2) is 0 Å². The molecule has 116 valence electrons. The van der Waals surface area contributed by atoms with Gasteiger partial charge in [-0.15, -0.1) is 0 Å². The Kier molecular flexibility index (Phi) is 5.85. The van der Waals surface area contributed by atoms with E-state index in [9.17, 15) is 9.90 Å². The van der Waals surface area contributed by atoms with E-state index in [0.29, 0.717) is 18.6 Å². The van der Waals surface area contributed by atoms with Crippen molar-refractivity contribution in [1.82, 2.24) is 9.80 Å². The maximum atomic E-state index is 12.7. The van der Waals surface area contributed by atoms with Gasteiger partial charge >= 0.3 is 0 Å². The quantitative estimate of drug-likeness (QED) is 0.858. The molecule has 1 saturated carbocycles. The Labute approximate surface area is 123 Å². The average Bonchev–Trinajstić information content (AvgIpc) is 2.42. The Bertz CT molecular complexity index is 306. The summed E-state index contributed by atoms with van der Waals surface area (Å²) in [6.07, 6.45) is 7.62. The van der Waals surface area contributed by atoms with Crippen molar-refractivity contribution in [2.45, 2.75) is 77.0 Å². The molecule has 0 aromatic heterocycles. The Morgan fingerprint density at radius 2 is 1.75 bits per heavy atom. The number of carbonyl (C=O) groups excluding carboxylic acids is 1. The maximum absolute atomic E-state index is 12.7. The van der Waals surface area contributed by atoms with E-state index in [1.807, 2.05) is 0 Å². The van der Waals surface area contributed by atoms with E-state index in [2.05, 4.69) is 23.6 Å². The van der Waals surface area contributed by atoms with Gasteiger partial charge in [0.2, 0.25) is 5.91 Å². The molecule has 0 bridgehead atoms. The number of likely N-dealkylation sites (tertiary alicyclic amines) is 1. The van der Waals surface area contributed by atoms with Crippen molar-refractivity contribution >= 4 is 5.91 Å². The second-order valence-electron chi connectivity index (χ2n) is 6.69. The Balaban J connectivity index is 1.89. The molecule has 0 aromatic carbocycles. The fourth-order valence-corrected chi connectivity index (χ4v) is 3.62. The molecular weight excluding hydrogens is 252 g/mol. The van der Waals surface area contributed by atoms with Gasteiger partial charge < -0.3 is 10.0 Å². The van der Waals surface area contributed by atoms with Crippen LogP contribution in [-0.2, 0) is 4.79 Å². The van der Waals surface area contributed by atoms with Gasteiger partial charge in [-0.3, -0.25) is 9.69 Å². The summed E-state index contributed by atoms with van der Waals surface area (Å²) in [6.45, 7) is 6.49. The molecule has 1 heterocycles. The Morgan fingerprint density at radius 3 is 2.30 bits per heavy atom. The predicted molar refractivity (Wildman–Crippen MR) is 80.5 cm³/mol. The second-order valence-corrected chi connectivity index (χ2v) is 6.69. The maximum Gasteiger partial charge on any atom is 0.237 e. The van der Waals surface area contributed by atoms with E-state index in [1.165, 1.54) is 32.1 Å². The fraction of sp³-hybridized carbons (Fsp3) is 0.938. The molecule has 4 nitrogen and oxygen atoms in total. The monoisotopic (exact) mass is 282 g/mol.